The van der Waals surface area contributed by atoms with Crippen molar-refractivity contribution in [1.82, 2.24) is 9.97 Å². The fourth-order valence-corrected chi connectivity index (χ4v) is 1.09. The van der Waals surface area contributed by atoms with E-state index in [0.29, 0.717) is 5.15 Å². The fourth-order valence-electron chi connectivity index (χ4n) is 0.959. The minimum Gasteiger partial charge on any atom is -0.366 e. The van der Waals surface area contributed by atoms with Gasteiger partial charge in [-0.05, 0) is 20.8 Å². The van der Waals surface area contributed by atoms with E-state index >= 15 is 0 Å². The second kappa shape index (κ2) is 4.96. The predicted octanol–water partition coefficient (Wildman–Crippen LogP) is 2.82. The lowest BCUT2D eigenvalue weighted by atomic mass is 10.3. The molecule has 3 nitrogen and oxygen atoms in total. The fraction of sp³-hybridized carbons (Fsp3) is 0.400. The van der Waals surface area contributed by atoms with Crippen LogP contribution in [0.3, 0.4) is 0 Å². The molecule has 0 fully saturated rings. The molecule has 1 aromatic rings. The lowest BCUT2D eigenvalue weighted by molar-refractivity contribution is 1.10. The van der Waals surface area contributed by atoms with Crippen molar-refractivity contribution in [3.63, 3.8) is 0 Å². The molecular weight excluding hydrogens is 198 g/mol. The van der Waals surface area contributed by atoms with Crippen molar-refractivity contribution in [3.8, 4) is 0 Å². The van der Waals surface area contributed by atoms with Gasteiger partial charge in [0, 0.05) is 12.1 Å². The standard InChI is InChI=1S/C10H14ClN3/c1-7(2)4-5-12-10-8(3)9(11)13-6-14-10/h4,6H,5H2,1-3H3,(H,12,13,14). The first kappa shape index (κ1) is 11.0. The number of aromatic nitrogens is 2. The summed E-state index contributed by atoms with van der Waals surface area (Å²) in [6.07, 6.45) is 3.55. The van der Waals surface area contributed by atoms with E-state index in [1.165, 1.54) is 11.9 Å². The van der Waals surface area contributed by atoms with Crippen LogP contribution in [0, 0.1) is 6.92 Å². The van der Waals surface area contributed by atoms with Crippen LogP contribution in [0.15, 0.2) is 18.0 Å². The maximum absolute atomic E-state index is 5.85. The van der Waals surface area contributed by atoms with E-state index in [4.69, 9.17) is 11.6 Å². The molecule has 0 aliphatic carbocycles. The van der Waals surface area contributed by atoms with Gasteiger partial charge in [0.25, 0.3) is 0 Å². The molecule has 1 rings (SSSR count). The zero-order chi connectivity index (χ0) is 10.6. The molecule has 0 bridgehead atoms. The van der Waals surface area contributed by atoms with Crippen molar-refractivity contribution in [2.75, 3.05) is 11.9 Å². The number of rotatable bonds is 3. The summed E-state index contributed by atoms with van der Waals surface area (Å²) in [6, 6.07) is 0. The predicted molar refractivity (Wildman–Crippen MR) is 59.7 cm³/mol. The van der Waals surface area contributed by atoms with Crippen LogP contribution in [0.25, 0.3) is 0 Å². The molecule has 0 atom stereocenters. The van der Waals surface area contributed by atoms with E-state index in [1.807, 2.05) is 6.92 Å². The second-order valence-corrected chi connectivity index (χ2v) is 3.66. The molecule has 1 aromatic heterocycles. The lowest BCUT2D eigenvalue weighted by Crippen LogP contribution is -2.03. The maximum Gasteiger partial charge on any atom is 0.137 e. The highest BCUT2D eigenvalue weighted by Gasteiger charge is 2.02. The van der Waals surface area contributed by atoms with Crippen LogP contribution < -0.4 is 5.32 Å². The van der Waals surface area contributed by atoms with E-state index in [2.05, 4.69) is 35.2 Å². The van der Waals surface area contributed by atoms with Crippen LogP contribution in [-0.2, 0) is 0 Å². The summed E-state index contributed by atoms with van der Waals surface area (Å²) in [5.41, 5.74) is 2.16. The lowest BCUT2D eigenvalue weighted by Gasteiger charge is -2.06. The Bertz CT molecular complexity index is 343. The van der Waals surface area contributed by atoms with E-state index in [9.17, 15) is 0 Å². The van der Waals surface area contributed by atoms with Gasteiger partial charge in [0.15, 0.2) is 0 Å². The minimum absolute atomic E-state index is 0.500. The summed E-state index contributed by atoms with van der Waals surface area (Å²) < 4.78 is 0. The third-order valence-electron chi connectivity index (χ3n) is 1.80. The number of nitrogens with one attached hydrogen (secondary N) is 1. The SMILES string of the molecule is CC(C)=CCNc1ncnc(Cl)c1C. The van der Waals surface area contributed by atoms with E-state index in [-0.39, 0.29) is 0 Å². The number of hydrogen-bond donors (Lipinski definition) is 1. The zero-order valence-electron chi connectivity index (χ0n) is 8.63. The second-order valence-electron chi connectivity index (χ2n) is 3.30. The zero-order valence-corrected chi connectivity index (χ0v) is 9.39. The van der Waals surface area contributed by atoms with Crippen LogP contribution in [0.5, 0.6) is 0 Å². The molecule has 0 amide bonds. The van der Waals surface area contributed by atoms with Gasteiger partial charge in [0.05, 0.1) is 0 Å². The van der Waals surface area contributed by atoms with Gasteiger partial charge < -0.3 is 5.32 Å². The van der Waals surface area contributed by atoms with Gasteiger partial charge in [-0.2, -0.15) is 0 Å². The largest absolute Gasteiger partial charge is 0.366 e. The Labute approximate surface area is 89.2 Å². The van der Waals surface area contributed by atoms with Crippen molar-refractivity contribution in [2.45, 2.75) is 20.8 Å². The molecule has 0 saturated carbocycles. The van der Waals surface area contributed by atoms with Crippen LogP contribution in [0.1, 0.15) is 19.4 Å². The first-order chi connectivity index (χ1) is 6.61. The van der Waals surface area contributed by atoms with Crippen LogP contribution in [0.2, 0.25) is 5.15 Å². The molecule has 0 aliphatic heterocycles. The Morgan fingerprint density at radius 1 is 1.50 bits per heavy atom. The molecule has 0 saturated heterocycles. The highest BCUT2D eigenvalue weighted by Crippen LogP contribution is 2.17. The topological polar surface area (TPSA) is 37.8 Å². The van der Waals surface area contributed by atoms with Gasteiger partial charge in [-0.25, -0.2) is 9.97 Å². The highest BCUT2D eigenvalue weighted by molar-refractivity contribution is 6.30. The Morgan fingerprint density at radius 3 is 2.86 bits per heavy atom. The molecule has 0 radical (unpaired) electrons. The van der Waals surface area contributed by atoms with Crippen molar-refractivity contribution >= 4 is 17.4 Å². The molecule has 14 heavy (non-hydrogen) atoms. The Kier molecular flexibility index (Phi) is 3.89. The Morgan fingerprint density at radius 2 is 2.21 bits per heavy atom. The molecule has 1 N–H and O–H groups in total. The summed E-state index contributed by atoms with van der Waals surface area (Å²) in [5.74, 6) is 0.794. The monoisotopic (exact) mass is 211 g/mol. The van der Waals surface area contributed by atoms with Crippen LogP contribution in [-0.4, -0.2) is 16.5 Å². The third-order valence-corrected chi connectivity index (χ3v) is 2.18. The number of hydrogen-bond acceptors (Lipinski definition) is 3. The molecule has 76 valence electrons. The van der Waals surface area contributed by atoms with Crippen LogP contribution >= 0.6 is 11.6 Å². The van der Waals surface area contributed by atoms with Gasteiger partial charge in [-0.3, -0.25) is 0 Å². The molecule has 0 spiro atoms. The van der Waals surface area contributed by atoms with E-state index in [1.54, 1.807) is 0 Å². The summed E-state index contributed by atoms with van der Waals surface area (Å²) in [7, 11) is 0. The maximum atomic E-state index is 5.85. The normalized spacial score (nSPS) is 9.71. The van der Waals surface area contributed by atoms with Gasteiger partial charge in [-0.15, -0.1) is 0 Å². The Hall–Kier alpha value is -1.09. The Balaban J connectivity index is 2.68. The number of allylic oxidation sites excluding steroid dienone is 1. The number of nitrogens with zero attached hydrogens (tertiary/aromatic N) is 2. The summed E-state index contributed by atoms with van der Waals surface area (Å²) >= 11 is 5.85. The average Bonchev–Trinajstić information content (AvgIpc) is 2.12. The molecule has 1 heterocycles. The third kappa shape index (κ3) is 3.00. The van der Waals surface area contributed by atoms with Crippen LogP contribution in [0.4, 0.5) is 5.82 Å². The average molecular weight is 212 g/mol. The number of anilines is 1. The smallest absolute Gasteiger partial charge is 0.137 e. The molecule has 0 unspecified atom stereocenters. The number of halogens is 1. The van der Waals surface area contributed by atoms with E-state index in [0.717, 1.165) is 17.9 Å². The molecule has 4 heteroatoms. The van der Waals surface area contributed by atoms with Crippen molar-refractivity contribution in [1.29, 1.82) is 0 Å². The first-order valence-corrected chi connectivity index (χ1v) is 4.83. The quantitative estimate of drug-likeness (QED) is 0.617. The van der Waals surface area contributed by atoms with Gasteiger partial charge in [0.2, 0.25) is 0 Å². The van der Waals surface area contributed by atoms with E-state index < -0.39 is 0 Å². The van der Waals surface area contributed by atoms with Crippen molar-refractivity contribution < 1.29 is 0 Å². The first-order valence-electron chi connectivity index (χ1n) is 4.45. The molecular formula is C10H14ClN3. The van der Waals surface area contributed by atoms with Gasteiger partial charge in [-0.1, -0.05) is 23.3 Å². The van der Waals surface area contributed by atoms with Gasteiger partial charge >= 0.3 is 0 Å². The summed E-state index contributed by atoms with van der Waals surface area (Å²) in [6.45, 7) is 6.77. The van der Waals surface area contributed by atoms with Crippen molar-refractivity contribution in [2.24, 2.45) is 0 Å². The van der Waals surface area contributed by atoms with Gasteiger partial charge in [0.1, 0.15) is 17.3 Å². The summed E-state index contributed by atoms with van der Waals surface area (Å²) in [5, 5.41) is 3.67. The summed E-state index contributed by atoms with van der Waals surface area (Å²) in [4.78, 5) is 7.98. The highest BCUT2D eigenvalue weighted by atomic mass is 35.5. The van der Waals surface area contributed by atoms with Crippen molar-refractivity contribution in [3.05, 3.63) is 28.7 Å². The minimum atomic E-state index is 0.500. The molecule has 0 aliphatic rings. The molecule has 0 aromatic carbocycles.